The van der Waals surface area contributed by atoms with E-state index in [-0.39, 0.29) is 11.5 Å². The molecule has 2 rings (SSSR count). The first-order valence-electron chi connectivity index (χ1n) is 6.43. The number of hydrogen-bond donors (Lipinski definition) is 1. The number of benzene rings is 2. The summed E-state index contributed by atoms with van der Waals surface area (Å²) < 4.78 is 5.33. The van der Waals surface area contributed by atoms with E-state index in [4.69, 9.17) is 4.74 Å². The molecule has 3 nitrogen and oxygen atoms in total. The van der Waals surface area contributed by atoms with E-state index in [1.165, 1.54) is 6.08 Å². The summed E-state index contributed by atoms with van der Waals surface area (Å²) in [5.41, 5.74) is 1.38. The van der Waals surface area contributed by atoms with E-state index in [0.717, 1.165) is 11.3 Å². The van der Waals surface area contributed by atoms with Crippen LogP contribution in [0.25, 0.3) is 6.08 Å². The molecule has 3 heteroatoms. The highest BCUT2D eigenvalue weighted by atomic mass is 16.5. The average Bonchev–Trinajstić information content (AvgIpc) is 2.46. The van der Waals surface area contributed by atoms with Crippen LogP contribution >= 0.6 is 0 Å². The highest BCUT2D eigenvalue weighted by molar-refractivity contribution is 6.06. The van der Waals surface area contributed by atoms with Gasteiger partial charge in [-0.1, -0.05) is 18.2 Å². The Kier molecular flexibility index (Phi) is 4.56. The fourth-order valence-electron chi connectivity index (χ4n) is 1.78. The van der Waals surface area contributed by atoms with Crippen LogP contribution in [-0.4, -0.2) is 17.5 Å². The summed E-state index contributed by atoms with van der Waals surface area (Å²) >= 11 is 0. The molecule has 0 aromatic heterocycles. The summed E-state index contributed by atoms with van der Waals surface area (Å²) in [7, 11) is 0. The molecule has 20 heavy (non-hydrogen) atoms. The number of aromatic hydroxyl groups is 1. The Hall–Kier alpha value is -2.55. The average molecular weight is 268 g/mol. The number of phenols is 1. The van der Waals surface area contributed by atoms with Crippen molar-refractivity contribution in [2.24, 2.45) is 0 Å². The Morgan fingerprint density at radius 1 is 1.20 bits per heavy atom. The predicted molar refractivity (Wildman–Crippen MR) is 79.1 cm³/mol. The number of carbonyl (C=O) groups is 1. The zero-order valence-corrected chi connectivity index (χ0v) is 11.2. The van der Waals surface area contributed by atoms with E-state index in [0.29, 0.717) is 12.2 Å². The molecule has 0 radical (unpaired) electrons. The largest absolute Gasteiger partial charge is 0.508 e. The summed E-state index contributed by atoms with van der Waals surface area (Å²) in [6.45, 7) is 2.52. The second-order valence-corrected chi connectivity index (χ2v) is 4.25. The van der Waals surface area contributed by atoms with Gasteiger partial charge < -0.3 is 9.84 Å². The first-order chi connectivity index (χ1) is 9.69. The third-order valence-corrected chi connectivity index (χ3v) is 2.75. The lowest BCUT2D eigenvalue weighted by Gasteiger charge is -2.02. The quantitative estimate of drug-likeness (QED) is 0.664. The molecule has 0 heterocycles. The molecule has 0 aliphatic heterocycles. The summed E-state index contributed by atoms with van der Waals surface area (Å²) in [6, 6.07) is 13.8. The molecule has 0 aliphatic carbocycles. The molecule has 2 aromatic carbocycles. The van der Waals surface area contributed by atoms with Gasteiger partial charge in [-0.15, -0.1) is 0 Å². The molecule has 0 bridgehead atoms. The van der Waals surface area contributed by atoms with Crippen molar-refractivity contribution >= 4 is 11.9 Å². The minimum Gasteiger partial charge on any atom is -0.508 e. The van der Waals surface area contributed by atoms with Crippen LogP contribution in [0.1, 0.15) is 22.8 Å². The smallest absolute Gasteiger partial charge is 0.185 e. The van der Waals surface area contributed by atoms with E-state index in [2.05, 4.69) is 0 Å². The zero-order chi connectivity index (χ0) is 14.4. The second kappa shape index (κ2) is 6.57. The van der Waals surface area contributed by atoms with E-state index < -0.39 is 0 Å². The summed E-state index contributed by atoms with van der Waals surface area (Å²) in [6.07, 6.45) is 3.17. The van der Waals surface area contributed by atoms with Gasteiger partial charge in [0.25, 0.3) is 0 Å². The summed E-state index contributed by atoms with van der Waals surface area (Å²) in [5, 5.41) is 9.34. The van der Waals surface area contributed by atoms with Gasteiger partial charge in [-0.05, 0) is 55.0 Å². The first-order valence-corrected chi connectivity index (χ1v) is 6.43. The number of ether oxygens (including phenoxy) is 1. The number of hydrogen-bond acceptors (Lipinski definition) is 3. The molecule has 0 atom stereocenters. The minimum atomic E-state index is -0.0867. The molecule has 102 valence electrons. The van der Waals surface area contributed by atoms with Gasteiger partial charge in [0.1, 0.15) is 11.5 Å². The lowest BCUT2D eigenvalue weighted by atomic mass is 10.1. The molecule has 0 saturated carbocycles. The van der Waals surface area contributed by atoms with Crippen LogP contribution in [0.4, 0.5) is 0 Å². The van der Waals surface area contributed by atoms with Crippen LogP contribution in [0.3, 0.4) is 0 Å². The highest BCUT2D eigenvalue weighted by Gasteiger charge is 2.02. The molecule has 0 saturated heterocycles. The first kappa shape index (κ1) is 13.9. The van der Waals surface area contributed by atoms with Gasteiger partial charge in [-0.2, -0.15) is 0 Å². The fourth-order valence-corrected chi connectivity index (χ4v) is 1.78. The molecular formula is C17H16O3. The lowest BCUT2D eigenvalue weighted by Crippen LogP contribution is -1.95. The predicted octanol–water partition coefficient (Wildman–Crippen LogP) is 3.69. The molecule has 0 unspecified atom stereocenters. The Labute approximate surface area is 118 Å². The number of phenolic OH excluding ortho intramolecular Hbond substituents is 1. The van der Waals surface area contributed by atoms with Crippen molar-refractivity contribution in [1.29, 1.82) is 0 Å². The van der Waals surface area contributed by atoms with Gasteiger partial charge in [0.15, 0.2) is 5.78 Å². The van der Waals surface area contributed by atoms with Crippen LogP contribution in [0, 0.1) is 0 Å². The molecule has 0 aliphatic rings. The van der Waals surface area contributed by atoms with Crippen molar-refractivity contribution in [2.75, 3.05) is 6.61 Å². The number of rotatable bonds is 5. The molecule has 0 amide bonds. The van der Waals surface area contributed by atoms with E-state index >= 15 is 0 Å². The third kappa shape index (κ3) is 3.72. The van der Waals surface area contributed by atoms with Gasteiger partial charge in [-0.25, -0.2) is 0 Å². The second-order valence-electron chi connectivity index (χ2n) is 4.25. The van der Waals surface area contributed by atoms with Gasteiger partial charge in [0, 0.05) is 5.56 Å². The highest BCUT2D eigenvalue weighted by Crippen LogP contribution is 2.15. The van der Waals surface area contributed by atoms with Crippen LogP contribution in [0.2, 0.25) is 0 Å². The standard InChI is InChI=1S/C17H16O3/c1-2-20-16-9-7-14(8-10-16)17(19)11-6-13-4-3-5-15(18)12-13/h3-12,18H,2H2,1H3/b11-6+. The summed E-state index contributed by atoms with van der Waals surface area (Å²) in [4.78, 5) is 12.0. The SMILES string of the molecule is CCOc1ccc(C(=O)/C=C/c2cccc(O)c2)cc1. The van der Waals surface area contributed by atoms with E-state index in [9.17, 15) is 9.90 Å². The number of allylic oxidation sites excluding steroid dienone is 1. The maximum atomic E-state index is 12.0. The van der Waals surface area contributed by atoms with Crippen molar-refractivity contribution < 1.29 is 14.6 Å². The number of carbonyl (C=O) groups excluding carboxylic acids is 1. The van der Waals surface area contributed by atoms with E-state index in [1.54, 1.807) is 48.5 Å². The fraction of sp³-hybridized carbons (Fsp3) is 0.118. The van der Waals surface area contributed by atoms with Crippen LogP contribution in [0.15, 0.2) is 54.6 Å². The Morgan fingerprint density at radius 3 is 2.60 bits per heavy atom. The van der Waals surface area contributed by atoms with Crippen molar-refractivity contribution in [3.05, 3.63) is 65.7 Å². The molecular weight excluding hydrogens is 252 g/mol. The van der Waals surface area contributed by atoms with Gasteiger partial charge >= 0.3 is 0 Å². The van der Waals surface area contributed by atoms with Crippen LogP contribution < -0.4 is 4.74 Å². The molecule has 1 N–H and O–H groups in total. The van der Waals surface area contributed by atoms with Gasteiger partial charge in [0.05, 0.1) is 6.61 Å². The molecule has 0 fully saturated rings. The van der Waals surface area contributed by atoms with Crippen molar-refractivity contribution in [2.45, 2.75) is 6.92 Å². The molecule has 0 spiro atoms. The van der Waals surface area contributed by atoms with Crippen LogP contribution in [-0.2, 0) is 0 Å². The van der Waals surface area contributed by atoms with Crippen LogP contribution in [0.5, 0.6) is 11.5 Å². The van der Waals surface area contributed by atoms with Crippen molar-refractivity contribution in [3.8, 4) is 11.5 Å². The Morgan fingerprint density at radius 2 is 1.95 bits per heavy atom. The lowest BCUT2D eigenvalue weighted by molar-refractivity contribution is 0.104. The third-order valence-electron chi connectivity index (χ3n) is 2.75. The minimum absolute atomic E-state index is 0.0867. The van der Waals surface area contributed by atoms with Crippen molar-refractivity contribution in [1.82, 2.24) is 0 Å². The number of ketones is 1. The van der Waals surface area contributed by atoms with Crippen molar-refractivity contribution in [3.63, 3.8) is 0 Å². The monoisotopic (exact) mass is 268 g/mol. The maximum Gasteiger partial charge on any atom is 0.185 e. The topological polar surface area (TPSA) is 46.5 Å². The normalized spacial score (nSPS) is 10.7. The van der Waals surface area contributed by atoms with E-state index in [1.807, 2.05) is 13.0 Å². The Balaban J connectivity index is 2.07. The zero-order valence-electron chi connectivity index (χ0n) is 11.2. The molecule has 2 aromatic rings. The van der Waals surface area contributed by atoms with Gasteiger partial charge in [0.2, 0.25) is 0 Å². The maximum absolute atomic E-state index is 12.0. The summed E-state index contributed by atoms with van der Waals surface area (Å²) in [5.74, 6) is 0.845. The van der Waals surface area contributed by atoms with Gasteiger partial charge in [-0.3, -0.25) is 4.79 Å². The Bertz CT molecular complexity index is 612.